The zero-order valence-electron chi connectivity index (χ0n) is 11.4. The van der Waals surface area contributed by atoms with Gasteiger partial charge in [0.25, 0.3) is 0 Å². The minimum absolute atomic E-state index is 0.203. The Labute approximate surface area is 117 Å². The van der Waals surface area contributed by atoms with E-state index >= 15 is 0 Å². The van der Waals surface area contributed by atoms with Crippen LogP contribution in [0.1, 0.15) is 55.8 Å². The summed E-state index contributed by atoms with van der Waals surface area (Å²) in [7, 11) is -1.08. The van der Waals surface area contributed by atoms with Gasteiger partial charge in [-0.3, -0.25) is 4.21 Å². The van der Waals surface area contributed by atoms with Gasteiger partial charge in [0, 0.05) is 10.6 Å². The molecule has 0 bridgehead atoms. The van der Waals surface area contributed by atoms with Gasteiger partial charge in [-0.05, 0) is 24.6 Å². The van der Waals surface area contributed by atoms with Crippen molar-refractivity contribution >= 4 is 16.8 Å². The molecule has 1 aromatic rings. The van der Waals surface area contributed by atoms with Gasteiger partial charge in [0.15, 0.2) is 0 Å². The zero-order chi connectivity index (χ0) is 14.1. The topological polar surface area (TPSA) is 54.4 Å². The Morgan fingerprint density at radius 2 is 1.84 bits per heavy atom. The average molecular weight is 282 g/mol. The van der Waals surface area contributed by atoms with Crippen LogP contribution in [0.25, 0.3) is 0 Å². The fourth-order valence-electron chi connectivity index (χ4n) is 1.90. The standard InChI is InChI=1S/C15H22O3S/c1-2-3-4-5-6-7-11-19(18)14-10-8-9-13(12-14)15(16)17/h8-10,12H,2-7,11H2,1H3,(H,16,17). The van der Waals surface area contributed by atoms with Gasteiger partial charge < -0.3 is 5.11 Å². The maximum absolute atomic E-state index is 12.0. The molecule has 0 saturated carbocycles. The number of carbonyl (C=O) groups is 1. The lowest BCUT2D eigenvalue weighted by Crippen LogP contribution is -2.01. The van der Waals surface area contributed by atoms with Crippen molar-refractivity contribution in [2.24, 2.45) is 0 Å². The molecule has 3 nitrogen and oxygen atoms in total. The van der Waals surface area contributed by atoms with Crippen molar-refractivity contribution in [3.05, 3.63) is 29.8 Å². The van der Waals surface area contributed by atoms with Crippen LogP contribution in [0.4, 0.5) is 0 Å². The second kappa shape index (κ2) is 8.86. The maximum Gasteiger partial charge on any atom is 0.335 e. The first-order valence-electron chi connectivity index (χ1n) is 6.87. The van der Waals surface area contributed by atoms with Crippen molar-refractivity contribution in [2.45, 2.75) is 50.3 Å². The van der Waals surface area contributed by atoms with E-state index < -0.39 is 16.8 Å². The van der Waals surface area contributed by atoms with Crippen LogP contribution in [0.3, 0.4) is 0 Å². The first-order valence-corrected chi connectivity index (χ1v) is 8.18. The third kappa shape index (κ3) is 6.01. The van der Waals surface area contributed by atoms with Crippen molar-refractivity contribution in [3.8, 4) is 0 Å². The summed E-state index contributed by atoms with van der Waals surface area (Å²) >= 11 is 0. The first-order chi connectivity index (χ1) is 9.15. The van der Waals surface area contributed by atoms with Crippen LogP contribution in [-0.4, -0.2) is 21.0 Å². The third-order valence-electron chi connectivity index (χ3n) is 3.03. The summed E-state index contributed by atoms with van der Waals surface area (Å²) in [5.74, 6) is -0.353. The highest BCUT2D eigenvalue weighted by Gasteiger charge is 2.07. The Morgan fingerprint density at radius 3 is 2.53 bits per heavy atom. The van der Waals surface area contributed by atoms with Crippen LogP contribution in [-0.2, 0) is 10.8 Å². The minimum Gasteiger partial charge on any atom is -0.478 e. The van der Waals surface area contributed by atoms with Gasteiger partial charge in [0.05, 0.1) is 16.4 Å². The average Bonchev–Trinajstić information content (AvgIpc) is 2.42. The normalized spacial score (nSPS) is 12.3. The van der Waals surface area contributed by atoms with Gasteiger partial charge >= 0.3 is 5.97 Å². The first kappa shape index (κ1) is 15.9. The molecule has 1 N–H and O–H groups in total. The van der Waals surface area contributed by atoms with E-state index in [4.69, 9.17) is 5.11 Å². The molecule has 0 aliphatic carbocycles. The lowest BCUT2D eigenvalue weighted by molar-refractivity contribution is 0.0696. The number of unbranched alkanes of at least 4 members (excludes halogenated alkanes) is 5. The Kier molecular flexibility index (Phi) is 7.41. The van der Waals surface area contributed by atoms with Crippen molar-refractivity contribution in [1.29, 1.82) is 0 Å². The van der Waals surface area contributed by atoms with Crippen molar-refractivity contribution in [3.63, 3.8) is 0 Å². The maximum atomic E-state index is 12.0. The van der Waals surface area contributed by atoms with Crippen LogP contribution in [0, 0.1) is 0 Å². The number of hydrogen-bond acceptors (Lipinski definition) is 2. The summed E-state index contributed by atoms with van der Waals surface area (Å²) < 4.78 is 12.0. The fourth-order valence-corrected chi connectivity index (χ4v) is 3.09. The molecule has 0 aliphatic rings. The summed E-state index contributed by atoms with van der Waals surface area (Å²) in [4.78, 5) is 11.5. The number of benzene rings is 1. The van der Waals surface area contributed by atoms with E-state index in [9.17, 15) is 9.00 Å². The predicted octanol–water partition coefficient (Wildman–Crippen LogP) is 3.85. The van der Waals surface area contributed by atoms with E-state index in [2.05, 4.69) is 6.92 Å². The van der Waals surface area contributed by atoms with Gasteiger partial charge in [0.1, 0.15) is 0 Å². The molecule has 0 fully saturated rings. The van der Waals surface area contributed by atoms with E-state index in [1.807, 2.05) is 0 Å². The third-order valence-corrected chi connectivity index (χ3v) is 4.47. The summed E-state index contributed by atoms with van der Waals surface area (Å²) in [5.41, 5.74) is 0.203. The fraction of sp³-hybridized carbons (Fsp3) is 0.533. The molecular formula is C15H22O3S. The van der Waals surface area contributed by atoms with Crippen LogP contribution in [0.15, 0.2) is 29.2 Å². The molecule has 0 aromatic heterocycles. The number of aromatic carboxylic acids is 1. The molecule has 19 heavy (non-hydrogen) atoms. The summed E-state index contributed by atoms with van der Waals surface area (Å²) in [6.45, 7) is 2.19. The van der Waals surface area contributed by atoms with Crippen LogP contribution >= 0.6 is 0 Å². The quantitative estimate of drug-likeness (QED) is 0.700. The molecule has 1 aromatic carbocycles. The van der Waals surface area contributed by atoms with Gasteiger partial charge in [-0.2, -0.15) is 0 Å². The molecule has 1 unspecified atom stereocenters. The Morgan fingerprint density at radius 1 is 1.16 bits per heavy atom. The molecule has 106 valence electrons. The summed E-state index contributed by atoms with van der Waals surface area (Å²) in [6, 6.07) is 6.42. The van der Waals surface area contributed by atoms with Gasteiger partial charge in [0.2, 0.25) is 0 Å². The van der Waals surface area contributed by atoms with E-state index in [1.54, 1.807) is 12.1 Å². The largest absolute Gasteiger partial charge is 0.478 e. The number of carboxylic acid groups (broad SMARTS) is 1. The van der Waals surface area contributed by atoms with E-state index in [0.717, 1.165) is 12.8 Å². The lowest BCUT2D eigenvalue weighted by Gasteiger charge is -2.04. The van der Waals surface area contributed by atoms with E-state index in [0.29, 0.717) is 10.6 Å². The Hall–Kier alpha value is -1.16. The molecule has 0 saturated heterocycles. The molecule has 0 amide bonds. The molecule has 0 spiro atoms. The Bertz CT molecular complexity index is 429. The van der Waals surface area contributed by atoms with E-state index in [1.165, 1.54) is 37.8 Å². The molecule has 1 atom stereocenters. The highest BCUT2D eigenvalue weighted by Crippen LogP contribution is 2.13. The highest BCUT2D eigenvalue weighted by molar-refractivity contribution is 7.85. The number of carboxylic acids is 1. The van der Waals surface area contributed by atoms with Crippen LogP contribution in [0.5, 0.6) is 0 Å². The van der Waals surface area contributed by atoms with Crippen molar-refractivity contribution in [2.75, 3.05) is 5.75 Å². The van der Waals surface area contributed by atoms with Crippen LogP contribution in [0.2, 0.25) is 0 Å². The molecular weight excluding hydrogens is 260 g/mol. The second-order valence-electron chi connectivity index (χ2n) is 4.65. The summed E-state index contributed by atoms with van der Waals surface area (Å²) in [5, 5.41) is 8.89. The molecule has 1 rings (SSSR count). The number of hydrogen-bond donors (Lipinski definition) is 1. The highest BCUT2D eigenvalue weighted by atomic mass is 32.2. The lowest BCUT2D eigenvalue weighted by atomic mass is 10.1. The zero-order valence-corrected chi connectivity index (χ0v) is 12.2. The van der Waals surface area contributed by atoms with Crippen molar-refractivity contribution in [1.82, 2.24) is 0 Å². The van der Waals surface area contributed by atoms with Crippen molar-refractivity contribution < 1.29 is 14.1 Å². The monoisotopic (exact) mass is 282 g/mol. The predicted molar refractivity (Wildman–Crippen MR) is 78.1 cm³/mol. The molecule has 0 heterocycles. The minimum atomic E-state index is -1.08. The molecule has 0 radical (unpaired) electrons. The Balaban J connectivity index is 2.37. The number of rotatable bonds is 9. The molecule has 4 heteroatoms. The van der Waals surface area contributed by atoms with Crippen LogP contribution < -0.4 is 0 Å². The van der Waals surface area contributed by atoms with Gasteiger partial charge in [-0.15, -0.1) is 0 Å². The van der Waals surface area contributed by atoms with Gasteiger partial charge in [-0.25, -0.2) is 4.79 Å². The van der Waals surface area contributed by atoms with Gasteiger partial charge in [-0.1, -0.05) is 45.1 Å². The SMILES string of the molecule is CCCCCCCCS(=O)c1cccc(C(=O)O)c1. The smallest absolute Gasteiger partial charge is 0.335 e. The van der Waals surface area contributed by atoms with E-state index in [-0.39, 0.29) is 5.56 Å². The molecule has 0 aliphatic heterocycles. The second-order valence-corrected chi connectivity index (χ2v) is 6.22. The summed E-state index contributed by atoms with van der Waals surface area (Å²) in [6.07, 6.45) is 6.98.